The van der Waals surface area contributed by atoms with Gasteiger partial charge in [0.25, 0.3) is 0 Å². The lowest BCUT2D eigenvalue weighted by Gasteiger charge is -2.33. The molecule has 0 aromatic carbocycles. The number of nitrogens with zero attached hydrogens (tertiary/aromatic N) is 3. The van der Waals surface area contributed by atoms with E-state index < -0.39 is 0 Å². The normalized spacial score (nSPS) is 20.3. The zero-order valence-electron chi connectivity index (χ0n) is 11.2. The Morgan fingerprint density at radius 2 is 2.28 bits per heavy atom. The highest BCUT2D eigenvalue weighted by atomic mass is 16.5. The monoisotopic (exact) mass is 254 g/mol. The number of morpholine rings is 1. The molecule has 0 aliphatic carbocycles. The van der Waals surface area contributed by atoms with Gasteiger partial charge in [0.15, 0.2) is 0 Å². The van der Waals surface area contributed by atoms with Crippen molar-refractivity contribution in [3.63, 3.8) is 0 Å². The lowest BCUT2D eigenvalue weighted by Crippen LogP contribution is -2.45. The largest absolute Gasteiger partial charge is 0.407 e. The highest BCUT2D eigenvalue weighted by Crippen LogP contribution is 2.19. The minimum Gasteiger partial charge on any atom is -0.407 e. The molecule has 0 amide bonds. The zero-order valence-corrected chi connectivity index (χ0v) is 11.2. The van der Waals surface area contributed by atoms with E-state index in [-0.39, 0.29) is 0 Å². The van der Waals surface area contributed by atoms with Crippen molar-refractivity contribution in [3.8, 4) is 0 Å². The third-order valence-electron chi connectivity index (χ3n) is 3.10. The van der Waals surface area contributed by atoms with Crippen LogP contribution in [0.3, 0.4) is 0 Å². The van der Waals surface area contributed by atoms with Crippen molar-refractivity contribution < 1.29 is 9.15 Å². The third-order valence-corrected chi connectivity index (χ3v) is 3.10. The molecule has 0 bridgehead atoms. The van der Waals surface area contributed by atoms with Crippen molar-refractivity contribution in [2.45, 2.75) is 39.3 Å². The summed E-state index contributed by atoms with van der Waals surface area (Å²) in [5.74, 6) is 0.653. The van der Waals surface area contributed by atoms with Gasteiger partial charge in [-0.15, -0.1) is 5.10 Å². The SMILES string of the molecule is CCCNCc1nnc(N2CCOCC2CC)o1. The Hall–Kier alpha value is -1.14. The molecular formula is C12H22N4O2. The van der Waals surface area contributed by atoms with Gasteiger partial charge in [0.1, 0.15) is 0 Å². The Labute approximate surface area is 108 Å². The maximum Gasteiger partial charge on any atom is 0.318 e. The molecule has 1 aromatic heterocycles. The molecule has 1 saturated heterocycles. The van der Waals surface area contributed by atoms with E-state index in [4.69, 9.17) is 9.15 Å². The molecule has 1 aliphatic rings. The minimum absolute atomic E-state index is 0.343. The average molecular weight is 254 g/mol. The predicted molar refractivity (Wildman–Crippen MR) is 68.5 cm³/mol. The highest BCUT2D eigenvalue weighted by Gasteiger charge is 2.25. The van der Waals surface area contributed by atoms with E-state index in [0.717, 1.165) is 39.1 Å². The van der Waals surface area contributed by atoms with Gasteiger partial charge in [-0.1, -0.05) is 18.9 Å². The van der Waals surface area contributed by atoms with E-state index in [1.807, 2.05) is 0 Å². The lowest BCUT2D eigenvalue weighted by molar-refractivity contribution is 0.0899. The molecule has 0 radical (unpaired) electrons. The summed E-state index contributed by atoms with van der Waals surface area (Å²) >= 11 is 0. The van der Waals surface area contributed by atoms with Gasteiger partial charge in [0.05, 0.1) is 25.8 Å². The molecule has 1 N–H and O–H groups in total. The molecule has 1 unspecified atom stereocenters. The summed E-state index contributed by atoms with van der Waals surface area (Å²) in [6, 6.07) is 0.967. The predicted octanol–water partition coefficient (Wildman–Crippen LogP) is 1.18. The lowest BCUT2D eigenvalue weighted by atomic mass is 10.2. The maximum absolute atomic E-state index is 5.69. The molecule has 2 rings (SSSR count). The van der Waals surface area contributed by atoms with Crippen LogP contribution in [-0.4, -0.2) is 42.5 Å². The van der Waals surface area contributed by atoms with Gasteiger partial charge in [-0.3, -0.25) is 0 Å². The van der Waals surface area contributed by atoms with Crippen LogP contribution < -0.4 is 10.2 Å². The molecule has 6 heteroatoms. The van der Waals surface area contributed by atoms with Crippen molar-refractivity contribution in [2.24, 2.45) is 0 Å². The van der Waals surface area contributed by atoms with E-state index in [2.05, 4.69) is 34.3 Å². The van der Waals surface area contributed by atoms with Crippen LogP contribution >= 0.6 is 0 Å². The summed E-state index contributed by atoms with van der Waals surface area (Å²) < 4.78 is 11.2. The van der Waals surface area contributed by atoms with Crippen LogP contribution in [0.15, 0.2) is 4.42 Å². The number of aromatic nitrogens is 2. The molecule has 1 fully saturated rings. The van der Waals surface area contributed by atoms with Crippen LogP contribution in [0.4, 0.5) is 6.01 Å². The summed E-state index contributed by atoms with van der Waals surface area (Å²) in [6.07, 6.45) is 2.12. The number of rotatable bonds is 6. The Morgan fingerprint density at radius 1 is 1.39 bits per heavy atom. The van der Waals surface area contributed by atoms with E-state index >= 15 is 0 Å². The first-order valence-electron chi connectivity index (χ1n) is 6.72. The van der Waals surface area contributed by atoms with Gasteiger partial charge < -0.3 is 19.4 Å². The van der Waals surface area contributed by atoms with Gasteiger partial charge in [0, 0.05) is 6.54 Å². The van der Waals surface area contributed by atoms with Crippen LogP contribution in [0.2, 0.25) is 0 Å². The first-order valence-corrected chi connectivity index (χ1v) is 6.72. The van der Waals surface area contributed by atoms with E-state index in [0.29, 0.717) is 24.5 Å². The van der Waals surface area contributed by atoms with Crippen molar-refractivity contribution >= 4 is 6.01 Å². The number of hydrogen-bond donors (Lipinski definition) is 1. The van der Waals surface area contributed by atoms with Crippen LogP contribution in [0.25, 0.3) is 0 Å². The minimum atomic E-state index is 0.343. The zero-order chi connectivity index (χ0) is 12.8. The van der Waals surface area contributed by atoms with E-state index in [1.165, 1.54) is 0 Å². The topological polar surface area (TPSA) is 63.4 Å². The molecule has 1 atom stereocenters. The number of anilines is 1. The molecule has 1 aliphatic heterocycles. The summed E-state index contributed by atoms with van der Waals surface area (Å²) in [5.41, 5.74) is 0. The smallest absolute Gasteiger partial charge is 0.318 e. The molecule has 1 aromatic rings. The molecule has 0 saturated carbocycles. The molecule has 102 valence electrons. The first kappa shape index (κ1) is 13.3. The Kier molecular flexibility index (Phi) is 4.95. The first-order chi connectivity index (χ1) is 8.85. The molecule has 2 heterocycles. The van der Waals surface area contributed by atoms with Crippen LogP contribution in [0, 0.1) is 0 Å². The van der Waals surface area contributed by atoms with Gasteiger partial charge in [-0.2, -0.15) is 0 Å². The summed E-state index contributed by atoms with van der Waals surface area (Å²) in [5, 5.41) is 11.5. The van der Waals surface area contributed by atoms with Gasteiger partial charge >= 0.3 is 6.01 Å². The number of hydrogen-bond acceptors (Lipinski definition) is 6. The Balaban J connectivity index is 1.95. The fourth-order valence-electron chi connectivity index (χ4n) is 2.05. The van der Waals surface area contributed by atoms with Crippen LogP contribution in [-0.2, 0) is 11.3 Å². The van der Waals surface area contributed by atoms with Crippen molar-refractivity contribution in [2.75, 3.05) is 31.2 Å². The molecule has 0 spiro atoms. The molecule has 6 nitrogen and oxygen atoms in total. The number of nitrogens with one attached hydrogen (secondary N) is 1. The van der Waals surface area contributed by atoms with Gasteiger partial charge in [0.2, 0.25) is 5.89 Å². The third kappa shape index (κ3) is 3.20. The molecular weight excluding hydrogens is 232 g/mol. The second-order valence-corrected chi connectivity index (χ2v) is 4.49. The van der Waals surface area contributed by atoms with E-state index in [1.54, 1.807) is 0 Å². The fourth-order valence-corrected chi connectivity index (χ4v) is 2.05. The van der Waals surface area contributed by atoms with Gasteiger partial charge in [-0.25, -0.2) is 0 Å². The standard InChI is InChI=1S/C12H22N4O2/c1-3-5-13-8-11-14-15-12(18-11)16-6-7-17-9-10(16)4-2/h10,13H,3-9H2,1-2H3. The summed E-state index contributed by atoms with van der Waals surface area (Å²) in [7, 11) is 0. The second kappa shape index (κ2) is 6.70. The van der Waals surface area contributed by atoms with Crippen LogP contribution in [0.1, 0.15) is 32.6 Å². The number of ether oxygens (including phenoxy) is 1. The van der Waals surface area contributed by atoms with Gasteiger partial charge in [-0.05, 0) is 19.4 Å². The Bertz CT molecular complexity index is 356. The van der Waals surface area contributed by atoms with E-state index in [9.17, 15) is 0 Å². The van der Waals surface area contributed by atoms with Crippen molar-refractivity contribution in [1.29, 1.82) is 0 Å². The fraction of sp³-hybridized carbons (Fsp3) is 0.833. The quantitative estimate of drug-likeness (QED) is 0.769. The van der Waals surface area contributed by atoms with Crippen molar-refractivity contribution in [3.05, 3.63) is 5.89 Å². The summed E-state index contributed by atoms with van der Waals surface area (Å²) in [4.78, 5) is 2.15. The summed E-state index contributed by atoms with van der Waals surface area (Å²) in [6.45, 7) is 8.17. The highest BCUT2D eigenvalue weighted by molar-refractivity contribution is 5.27. The van der Waals surface area contributed by atoms with Crippen LogP contribution in [0.5, 0.6) is 0 Å². The maximum atomic E-state index is 5.69. The second-order valence-electron chi connectivity index (χ2n) is 4.49. The van der Waals surface area contributed by atoms with Crippen molar-refractivity contribution in [1.82, 2.24) is 15.5 Å². The Morgan fingerprint density at radius 3 is 3.06 bits per heavy atom. The average Bonchev–Trinajstić information content (AvgIpc) is 2.88. The molecule has 18 heavy (non-hydrogen) atoms.